The summed E-state index contributed by atoms with van der Waals surface area (Å²) in [6.07, 6.45) is 9.89. The number of carbonyl (C=O) groups is 3. The summed E-state index contributed by atoms with van der Waals surface area (Å²) in [5, 5.41) is 0. The number of thioether (sulfide) groups is 1. The van der Waals surface area contributed by atoms with Crippen molar-refractivity contribution in [1.82, 2.24) is 4.90 Å². The Kier molecular flexibility index (Phi) is 11.3. The third kappa shape index (κ3) is 9.10. The normalized spacial score (nSPS) is 17.4. The zero-order chi connectivity index (χ0) is 18.5. The van der Waals surface area contributed by atoms with Gasteiger partial charge in [-0.15, -0.1) is 0 Å². The number of hydrogen-bond donors (Lipinski definition) is 0. The molecule has 5 nitrogen and oxygen atoms in total. The summed E-state index contributed by atoms with van der Waals surface area (Å²) in [7, 11) is 1.40. The number of methoxy groups -OCH3 is 1. The lowest BCUT2D eigenvalue weighted by atomic mass is 10.1. The quantitative estimate of drug-likeness (QED) is 0.283. The van der Waals surface area contributed by atoms with Gasteiger partial charge in [0.25, 0.3) is 0 Å². The van der Waals surface area contributed by atoms with E-state index in [9.17, 15) is 14.4 Å². The molecule has 0 aromatic rings. The van der Waals surface area contributed by atoms with Crippen LogP contribution in [0.15, 0.2) is 12.2 Å². The predicted molar refractivity (Wildman–Crippen MR) is 102 cm³/mol. The van der Waals surface area contributed by atoms with E-state index in [1.165, 1.54) is 7.11 Å². The van der Waals surface area contributed by atoms with Crippen molar-refractivity contribution in [1.29, 1.82) is 0 Å². The van der Waals surface area contributed by atoms with Crippen LogP contribution in [0.5, 0.6) is 0 Å². The van der Waals surface area contributed by atoms with Crippen LogP contribution in [0, 0.1) is 0 Å². The lowest BCUT2D eigenvalue weighted by Crippen LogP contribution is -2.33. The van der Waals surface area contributed by atoms with Gasteiger partial charge in [-0.3, -0.25) is 14.4 Å². The monoisotopic (exact) mass is 369 g/mol. The van der Waals surface area contributed by atoms with Gasteiger partial charge in [0, 0.05) is 31.6 Å². The summed E-state index contributed by atoms with van der Waals surface area (Å²) in [5.41, 5.74) is 0. The largest absolute Gasteiger partial charge is 0.469 e. The first-order valence-corrected chi connectivity index (χ1v) is 10.4. The van der Waals surface area contributed by atoms with Gasteiger partial charge in [-0.1, -0.05) is 25.8 Å². The summed E-state index contributed by atoms with van der Waals surface area (Å²) in [4.78, 5) is 36.8. The van der Waals surface area contributed by atoms with Gasteiger partial charge < -0.3 is 9.64 Å². The van der Waals surface area contributed by atoms with E-state index in [-0.39, 0.29) is 23.7 Å². The van der Waals surface area contributed by atoms with Crippen LogP contribution in [0.3, 0.4) is 0 Å². The molecule has 1 aliphatic heterocycles. The number of hydrogen-bond acceptors (Lipinski definition) is 5. The smallest absolute Gasteiger partial charge is 0.305 e. The van der Waals surface area contributed by atoms with Gasteiger partial charge in [0.05, 0.1) is 13.2 Å². The van der Waals surface area contributed by atoms with Crippen LogP contribution in [0.1, 0.15) is 58.3 Å². The van der Waals surface area contributed by atoms with Gasteiger partial charge in [-0.05, 0) is 31.1 Å². The molecule has 0 aliphatic carbocycles. The van der Waals surface area contributed by atoms with Crippen molar-refractivity contribution in [2.24, 2.45) is 0 Å². The second-order valence-electron chi connectivity index (χ2n) is 6.27. The Bertz CT molecular complexity index is 464. The van der Waals surface area contributed by atoms with E-state index < -0.39 is 0 Å². The molecule has 0 radical (unpaired) electrons. The Morgan fingerprint density at radius 2 is 2.04 bits per heavy atom. The Labute approximate surface area is 155 Å². The lowest BCUT2D eigenvalue weighted by molar-refractivity contribution is -0.140. The molecule has 0 bridgehead atoms. The number of ketones is 1. The molecule has 0 aromatic heterocycles. The van der Waals surface area contributed by atoms with Crippen LogP contribution < -0.4 is 0 Å². The Hall–Kier alpha value is -1.30. The van der Waals surface area contributed by atoms with E-state index in [0.29, 0.717) is 25.8 Å². The summed E-state index contributed by atoms with van der Waals surface area (Å²) in [6.45, 7) is 2.82. The average molecular weight is 370 g/mol. The molecule has 6 heteroatoms. The first kappa shape index (κ1) is 21.7. The van der Waals surface area contributed by atoms with Crippen molar-refractivity contribution in [3.05, 3.63) is 12.2 Å². The van der Waals surface area contributed by atoms with Gasteiger partial charge in [0.15, 0.2) is 5.78 Å². The molecule has 1 atom stereocenters. The Morgan fingerprint density at radius 1 is 1.24 bits per heavy atom. The molecule has 1 saturated heterocycles. The van der Waals surface area contributed by atoms with Gasteiger partial charge in [0.1, 0.15) is 0 Å². The van der Waals surface area contributed by atoms with Crippen molar-refractivity contribution >= 4 is 29.4 Å². The third-order valence-corrected chi connectivity index (χ3v) is 5.33. The zero-order valence-electron chi connectivity index (χ0n) is 15.5. The van der Waals surface area contributed by atoms with E-state index in [0.717, 1.165) is 43.6 Å². The van der Waals surface area contributed by atoms with Gasteiger partial charge >= 0.3 is 5.97 Å². The molecule has 1 rings (SSSR count). The number of amides is 1. The van der Waals surface area contributed by atoms with Gasteiger partial charge in [-0.2, -0.15) is 11.8 Å². The van der Waals surface area contributed by atoms with Crippen LogP contribution in [0.2, 0.25) is 0 Å². The fourth-order valence-corrected chi connectivity index (χ4v) is 3.66. The minimum absolute atomic E-state index is 0.0540. The molecule has 1 amide bonds. The number of allylic oxidation sites excluding steroid dienone is 1. The minimum atomic E-state index is -0.177. The van der Waals surface area contributed by atoms with Crippen LogP contribution in [0.25, 0.3) is 0 Å². The van der Waals surface area contributed by atoms with E-state index in [4.69, 9.17) is 0 Å². The summed E-state index contributed by atoms with van der Waals surface area (Å²) >= 11 is 1.74. The predicted octanol–water partition coefficient (Wildman–Crippen LogP) is 3.37. The number of rotatable bonds is 13. The maximum Gasteiger partial charge on any atom is 0.305 e. The van der Waals surface area contributed by atoms with Crippen molar-refractivity contribution in [3.63, 3.8) is 0 Å². The van der Waals surface area contributed by atoms with Crippen molar-refractivity contribution in [2.75, 3.05) is 25.2 Å². The highest BCUT2D eigenvalue weighted by Crippen LogP contribution is 2.20. The summed E-state index contributed by atoms with van der Waals surface area (Å²) in [6, 6.07) is 0.0540. The van der Waals surface area contributed by atoms with E-state index in [2.05, 4.69) is 11.7 Å². The maximum atomic E-state index is 12.0. The Morgan fingerprint density at radius 3 is 2.76 bits per heavy atom. The molecule has 25 heavy (non-hydrogen) atoms. The minimum Gasteiger partial charge on any atom is -0.469 e. The number of esters is 1. The molecule has 0 spiro atoms. The van der Waals surface area contributed by atoms with Crippen LogP contribution in [-0.4, -0.2) is 53.8 Å². The van der Waals surface area contributed by atoms with E-state index >= 15 is 0 Å². The first-order chi connectivity index (χ1) is 12.1. The van der Waals surface area contributed by atoms with E-state index in [1.807, 2.05) is 11.0 Å². The first-order valence-electron chi connectivity index (χ1n) is 9.23. The van der Waals surface area contributed by atoms with Crippen molar-refractivity contribution in [3.8, 4) is 0 Å². The molecular weight excluding hydrogens is 338 g/mol. The molecule has 0 saturated carbocycles. The highest BCUT2D eigenvalue weighted by Gasteiger charge is 2.28. The topological polar surface area (TPSA) is 63.7 Å². The molecular formula is C19H31NO4S. The number of likely N-dealkylation sites (tertiary alicyclic amines) is 1. The Balaban J connectivity index is 2.27. The second-order valence-corrected chi connectivity index (χ2v) is 7.49. The lowest BCUT2D eigenvalue weighted by Gasteiger charge is -2.22. The highest BCUT2D eigenvalue weighted by atomic mass is 32.2. The molecule has 1 aliphatic rings. The number of unbranched alkanes of at least 4 members (excludes halogenated alkanes) is 2. The summed E-state index contributed by atoms with van der Waals surface area (Å²) in [5.74, 6) is 1.88. The second kappa shape index (κ2) is 13.0. The summed E-state index contributed by atoms with van der Waals surface area (Å²) < 4.78 is 4.61. The fourth-order valence-electron chi connectivity index (χ4n) is 2.78. The molecule has 0 N–H and O–H groups in total. The van der Waals surface area contributed by atoms with Crippen LogP contribution in [-0.2, 0) is 19.1 Å². The third-order valence-electron chi connectivity index (χ3n) is 4.28. The number of carbonyl (C=O) groups excluding carboxylic acids is 3. The molecule has 142 valence electrons. The molecule has 1 heterocycles. The molecule has 0 aromatic carbocycles. The number of nitrogens with zero attached hydrogens (tertiary/aromatic N) is 1. The fraction of sp³-hybridized carbons (Fsp3) is 0.737. The van der Waals surface area contributed by atoms with Gasteiger partial charge in [-0.25, -0.2) is 0 Å². The highest BCUT2D eigenvalue weighted by molar-refractivity contribution is 7.99. The molecule has 1 fully saturated rings. The van der Waals surface area contributed by atoms with Gasteiger partial charge in [0.2, 0.25) is 5.91 Å². The zero-order valence-corrected chi connectivity index (χ0v) is 16.3. The standard InChI is InChI=1S/C19H31NO4S/c1-3-4-5-7-17(21)11-9-16-10-12-18(22)20(16)13-15-25-14-6-8-19(23)24-2/h9,11,16H,3-8,10,12-15H2,1-2H3/b11-9+/t16-/m0/s1. The van der Waals surface area contributed by atoms with Crippen LogP contribution in [0.4, 0.5) is 0 Å². The number of ether oxygens (including phenoxy) is 1. The average Bonchev–Trinajstić information content (AvgIpc) is 2.96. The van der Waals surface area contributed by atoms with Crippen LogP contribution >= 0.6 is 11.8 Å². The van der Waals surface area contributed by atoms with Crippen molar-refractivity contribution in [2.45, 2.75) is 64.3 Å². The van der Waals surface area contributed by atoms with Crippen molar-refractivity contribution < 1.29 is 19.1 Å². The molecule has 0 unspecified atom stereocenters. The SMILES string of the molecule is CCCCCC(=O)/C=C/[C@H]1CCC(=O)N1CCSCCCC(=O)OC. The maximum absolute atomic E-state index is 12.0. The van der Waals surface area contributed by atoms with E-state index in [1.54, 1.807) is 17.8 Å².